The smallest absolute Gasteiger partial charge is 0 e. The number of rotatable bonds is 0. The van der Waals surface area contributed by atoms with E-state index in [4.69, 9.17) is 0 Å². The van der Waals surface area contributed by atoms with Crippen molar-refractivity contribution in [2.75, 3.05) is 0 Å². The van der Waals surface area contributed by atoms with Gasteiger partial charge < -0.3 is 5.71 Å². The van der Waals surface area contributed by atoms with Crippen molar-refractivity contribution in [3.63, 3.8) is 0 Å². The molecule has 0 aliphatic carbocycles. The third-order valence-corrected chi connectivity index (χ3v) is 0. The van der Waals surface area contributed by atoms with Crippen LogP contribution in [-0.2, 0) is 142 Å². The van der Waals surface area contributed by atoms with Crippen molar-refractivity contribution < 1.29 is 179 Å². The SMILES string of the molecule is S.[AlH3].[As].[B].[Ba+2].[Be+2].[Cd].[Co].[Cr].[Fe].[GaH3].[Ge].[H-].[H-].[H-].[H-].[Hg].[InH3].[Mn].[PbH2].[Sb].[Se].[SnH2].[Te].[TlH].[U].[V]. The maximum absolute atomic E-state index is 0. The van der Waals surface area contributed by atoms with Crippen LogP contribution in [0.3, 0.4) is 0 Å². The van der Waals surface area contributed by atoms with Crippen LogP contribution in [-0.4, -0.2) is 310 Å². The van der Waals surface area contributed by atoms with Gasteiger partial charge in [0.15, 0.2) is 17.4 Å². The first-order chi connectivity index (χ1) is 0. The van der Waals surface area contributed by atoms with Crippen molar-refractivity contribution in [1.29, 1.82) is 0 Å². The Morgan fingerprint density at radius 2 is 1.04 bits per heavy atom. The number of hydrogen-bond acceptors (Lipinski definition) is 0. The van der Waals surface area contributed by atoms with Crippen LogP contribution in [0.2, 0.25) is 0 Å². The molecule has 0 spiro atoms. The summed E-state index contributed by atoms with van der Waals surface area (Å²) < 4.78 is 0. The van der Waals surface area contributed by atoms with E-state index in [1.54, 1.807) is 0 Å². The van der Waals surface area contributed by atoms with E-state index in [-0.39, 0.29) is 502 Å². The predicted molar refractivity (Wildman–Crippen MR) is 115 cm³/mol. The summed E-state index contributed by atoms with van der Waals surface area (Å²) in [5, 5.41) is 0. The second kappa shape index (κ2) is 207. The van der Waals surface area contributed by atoms with Crippen LogP contribution >= 0.6 is 13.5 Å². The van der Waals surface area contributed by atoms with Crippen molar-refractivity contribution in [2.45, 2.75) is 0 Å². The Morgan fingerprint density at radius 1 is 1.04 bits per heavy atom. The van der Waals surface area contributed by atoms with E-state index in [0.717, 1.165) is 0 Å². The Kier molecular flexibility index (Phi) is 2010. The summed E-state index contributed by atoms with van der Waals surface area (Å²) in [4.78, 5) is 0. The Balaban J connectivity index is 0. The molecule has 0 rings (SSSR count). The minimum atomic E-state index is 0. The van der Waals surface area contributed by atoms with Gasteiger partial charge in [0.05, 0.1) is 0 Å². The molecule has 122 valence electrons. The first-order valence-corrected chi connectivity index (χ1v) is 0. The summed E-state index contributed by atoms with van der Waals surface area (Å²) in [5.74, 6) is 0. The molecular formula is H20AlAsBBaBeCdCoCrFeGaGeHgInMnPbSSbSeSnTeTlUV. The van der Waals surface area contributed by atoms with E-state index < -0.39 is 0 Å². The van der Waals surface area contributed by atoms with Gasteiger partial charge in [-0.05, 0) is 0 Å². The predicted octanol–water partition coefficient (Wildman–Crippen LogP) is -8.53. The fraction of sp³-hybridized carbons (Fsp3) is 0. The van der Waals surface area contributed by atoms with E-state index in [2.05, 4.69) is 0 Å². The van der Waals surface area contributed by atoms with E-state index in [1.165, 1.54) is 0 Å². The molecule has 23 heavy (non-hydrogen) atoms. The molecule has 0 amide bonds. The van der Waals surface area contributed by atoms with Crippen LogP contribution in [0.5, 0.6) is 0 Å². The maximum atomic E-state index is 0. The van der Waals surface area contributed by atoms with Gasteiger partial charge in [-0.15, -0.1) is 0 Å². The quantitative estimate of drug-likeness (QED) is 0.212. The molecule has 0 saturated carbocycles. The first kappa shape index (κ1) is 224. The van der Waals surface area contributed by atoms with Crippen LogP contribution in [0.15, 0.2) is 0 Å². The molecule has 0 saturated heterocycles. The Labute approximate surface area is 487 Å². The molecule has 25 radical (unpaired) electrons. The van der Waals surface area contributed by atoms with E-state index >= 15 is 0 Å². The Hall–Kier alpha value is 15.6. The van der Waals surface area contributed by atoms with Gasteiger partial charge in [0.2, 0.25) is 0 Å². The second-order valence-electron chi connectivity index (χ2n) is 0. The topological polar surface area (TPSA) is 0 Å². The summed E-state index contributed by atoms with van der Waals surface area (Å²) in [6.45, 7) is 0. The van der Waals surface area contributed by atoms with Crippen molar-refractivity contribution in [3.8, 4) is 0 Å². The van der Waals surface area contributed by atoms with Crippen LogP contribution in [0, 0.1) is 31.1 Å². The molecule has 0 nitrogen and oxygen atoms in total. The molecular weight excluding hydrogens is 2230 g/mol. The van der Waals surface area contributed by atoms with Crippen molar-refractivity contribution >= 4 is 323 Å². The third-order valence-electron chi connectivity index (χ3n) is 0. The zero-order chi connectivity index (χ0) is 0. The summed E-state index contributed by atoms with van der Waals surface area (Å²) in [7, 11) is 0. The third kappa shape index (κ3) is 195. The fourth-order valence-corrected chi connectivity index (χ4v) is 0. The van der Waals surface area contributed by atoms with Crippen LogP contribution in [0.1, 0.15) is 5.71 Å². The van der Waals surface area contributed by atoms with Gasteiger partial charge in [0, 0.05) is 282 Å². The monoisotopic (exact) mass is 2260 g/mol. The molecule has 0 heterocycles. The fourth-order valence-electron chi connectivity index (χ4n) is 0. The minimum Gasteiger partial charge on any atom is 0 e. The first-order valence-electron chi connectivity index (χ1n) is 0. The average Bonchev–Trinajstić information content (AvgIpc) is 0. The van der Waals surface area contributed by atoms with Crippen molar-refractivity contribution in [3.05, 3.63) is 0 Å². The Morgan fingerprint density at radius 3 is 1.04 bits per heavy atom. The molecule has 0 aliphatic heterocycles. The van der Waals surface area contributed by atoms with Gasteiger partial charge >= 0.3 is 183 Å². The van der Waals surface area contributed by atoms with Crippen LogP contribution in [0.25, 0.3) is 0 Å². The summed E-state index contributed by atoms with van der Waals surface area (Å²) >= 11 is 0. The molecule has 23 heteroatoms. The molecule has 0 N–H and O–H groups in total. The van der Waals surface area contributed by atoms with Crippen molar-refractivity contribution in [2.24, 2.45) is 0 Å². The maximum Gasteiger partial charge on any atom is 0 e. The van der Waals surface area contributed by atoms with E-state index in [9.17, 15) is 0 Å². The van der Waals surface area contributed by atoms with Gasteiger partial charge in [-0.25, -0.2) is 0 Å². The molecule has 0 bridgehead atoms. The molecule has 0 aromatic rings. The normalized spacial score (nSPS) is 0. The van der Waals surface area contributed by atoms with Gasteiger partial charge in [0.1, 0.15) is 0 Å². The molecule has 0 unspecified atom stereocenters. The van der Waals surface area contributed by atoms with Gasteiger partial charge in [-0.3, -0.25) is 0 Å². The standard InChI is InChI=1S/Al.As.B.Ba.Be.Cd.Co.Cr.Fe.Ga.Ge.Hg.In.Mn.Pb.H2S.Sb.Se.Sn.Te.Tl.U.V.18H/h;;;;;;;;;;;;;;;1H2;;;;;;;;;;;;;;;;;;;;;;;;;/q;;;2*+2;;;;;;;;;;;;;;;;;;;;;;;;;;;;;;;;;4*-1. The largest absolute Gasteiger partial charge is 0 e. The van der Waals surface area contributed by atoms with E-state index in [1.807, 2.05) is 0 Å². The van der Waals surface area contributed by atoms with Gasteiger partial charge in [0.25, 0.3) is 0 Å². The molecule has 0 atom stereocenters. The van der Waals surface area contributed by atoms with E-state index in [0.29, 0.717) is 0 Å². The van der Waals surface area contributed by atoms with Gasteiger partial charge in [-0.2, -0.15) is 13.5 Å². The van der Waals surface area contributed by atoms with Gasteiger partial charge in [-0.1, -0.05) is 0 Å². The van der Waals surface area contributed by atoms with Crippen molar-refractivity contribution in [1.82, 2.24) is 0 Å². The molecule has 0 aliphatic rings. The molecule has 0 aromatic heterocycles. The molecule has 0 fully saturated rings. The minimum absolute atomic E-state index is 0. The average molecular weight is 2250 g/mol. The zero-order valence-electron chi connectivity index (χ0n) is 14.7. The Bertz CT molecular complexity index is 120. The summed E-state index contributed by atoms with van der Waals surface area (Å²) in [5.41, 5.74) is 0. The summed E-state index contributed by atoms with van der Waals surface area (Å²) in [6.07, 6.45) is 0. The second-order valence-corrected chi connectivity index (χ2v) is 0. The van der Waals surface area contributed by atoms with Crippen LogP contribution in [0.4, 0.5) is 0 Å². The number of hydrogen-bond donors (Lipinski definition) is 0. The molecule has 0 aromatic carbocycles. The summed E-state index contributed by atoms with van der Waals surface area (Å²) in [6, 6.07) is 0. The van der Waals surface area contributed by atoms with Crippen LogP contribution < -0.4 is 0 Å². The zero-order valence-corrected chi connectivity index (χ0v) is 61.4.